The third-order valence-corrected chi connectivity index (χ3v) is 2.02. The Labute approximate surface area is 80.7 Å². The van der Waals surface area contributed by atoms with Crippen molar-refractivity contribution >= 4 is 10.9 Å². The van der Waals surface area contributed by atoms with Gasteiger partial charge in [-0.15, -0.1) is 0 Å². The van der Waals surface area contributed by atoms with Crippen LogP contribution in [0.25, 0.3) is 10.9 Å². The van der Waals surface area contributed by atoms with Crippen molar-refractivity contribution in [3.8, 4) is 0 Å². The van der Waals surface area contributed by atoms with Crippen LogP contribution in [0.15, 0.2) is 22.7 Å². The Bertz CT molecular complexity index is 450. The number of halogens is 1. The average molecular weight is 194 g/mol. The predicted octanol–water partition coefficient (Wildman–Crippen LogP) is 1.86. The Hall–Kier alpha value is -1.42. The highest BCUT2D eigenvalue weighted by molar-refractivity contribution is 5.80. The first-order chi connectivity index (χ1) is 6.66. The van der Waals surface area contributed by atoms with Gasteiger partial charge in [-0.3, -0.25) is 0 Å². The van der Waals surface area contributed by atoms with Crippen molar-refractivity contribution in [3.63, 3.8) is 0 Å². The summed E-state index contributed by atoms with van der Waals surface area (Å²) in [6.45, 7) is 1.89. The summed E-state index contributed by atoms with van der Waals surface area (Å²) in [5.74, 6) is 0.410. The van der Waals surface area contributed by atoms with E-state index in [0.717, 1.165) is 11.1 Å². The van der Waals surface area contributed by atoms with Gasteiger partial charge >= 0.3 is 0 Å². The van der Waals surface area contributed by atoms with Crippen molar-refractivity contribution in [2.75, 3.05) is 0 Å². The van der Waals surface area contributed by atoms with E-state index >= 15 is 0 Å². The summed E-state index contributed by atoms with van der Waals surface area (Å²) in [4.78, 5) is 0. The molecule has 1 aromatic carbocycles. The van der Waals surface area contributed by atoms with Gasteiger partial charge in [0, 0.05) is 23.9 Å². The van der Waals surface area contributed by atoms with Gasteiger partial charge in [0.25, 0.3) is 0 Å². The molecule has 1 unspecified atom stereocenters. The topological polar surface area (TPSA) is 52.0 Å². The molecule has 2 rings (SSSR count). The van der Waals surface area contributed by atoms with Gasteiger partial charge in [0.15, 0.2) is 0 Å². The molecule has 2 N–H and O–H groups in total. The van der Waals surface area contributed by atoms with Gasteiger partial charge < -0.3 is 10.3 Å². The van der Waals surface area contributed by atoms with Crippen molar-refractivity contribution < 1.29 is 8.91 Å². The molecule has 14 heavy (non-hydrogen) atoms. The summed E-state index contributed by atoms with van der Waals surface area (Å²) in [5, 5.41) is 4.60. The van der Waals surface area contributed by atoms with Crippen molar-refractivity contribution in [2.24, 2.45) is 5.73 Å². The van der Waals surface area contributed by atoms with E-state index in [0.29, 0.717) is 11.9 Å². The van der Waals surface area contributed by atoms with Gasteiger partial charge in [-0.25, -0.2) is 4.39 Å². The molecule has 0 fully saturated rings. The standard InChI is InChI=1S/C10H11FN2O/c1-6(12)4-10-8-3-2-7(11)5-9(8)13-14-10/h2-3,5-6H,4,12H2,1H3. The molecule has 1 aromatic heterocycles. The second-order valence-electron chi connectivity index (χ2n) is 3.45. The van der Waals surface area contributed by atoms with E-state index in [2.05, 4.69) is 5.16 Å². The fourth-order valence-corrected chi connectivity index (χ4v) is 1.41. The van der Waals surface area contributed by atoms with E-state index in [9.17, 15) is 4.39 Å². The van der Waals surface area contributed by atoms with Crippen LogP contribution < -0.4 is 5.73 Å². The Balaban J connectivity index is 2.47. The van der Waals surface area contributed by atoms with E-state index < -0.39 is 0 Å². The molecule has 1 atom stereocenters. The summed E-state index contributed by atoms with van der Waals surface area (Å²) in [6, 6.07) is 4.42. The monoisotopic (exact) mass is 194 g/mol. The van der Waals surface area contributed by atoms with Gasteiger partial charge in [-0.05, 0) is 19.1 Å². The molecule has 0 aliphatic heterocycles. The Morgan fingerprint density at radius 1 is 1.57 bits per heavy atom. The number of nitrogens with two attached hydrogens (primary N) is 1. The summed E-state index contributed by atoms with van der Waals surface area (Å²) in [6.07, 6.45) is 0.613. The third-order valence-electron chi connectivity index (χ3n) is 2.02. The second kappa shape index (κ2) is 3.38. The van der Waals surface area contributed by atoms with Crippen LogP contribution in [0.4, 0.5) is 4.39 Å². The van der Waals surface area contributed by atoms with E-state index in [1.54, 1.807) is 6.07 Å². The molecule has 0 aliphatic carbocycles. The Morgan fingerprint density at radius 3 is 3.07 bits per heavy atom. The number of rotatable bonds is 2. The Kier molecular flexibility index (Phi) is 2.21. The fraction of sp³-hybridized carbons (Fsp3) is 0.300. The lowest BCUT2D eigenvalue weighted by atomic mass is 10.1. The molecule has 4 heteroatoms. The molecule has 3 nitrogen and oxygen atoms in total. The molecule has 1 heterocycles. The lowest BCUT2D eigenvalue weighted by Gasteiger charge is -1.99. The summed E-state index contributed by atoms with van der Waals surface area (Å²) < 4.78 is 17.9. The van der Waals surface area contributed by atoms with Crippen LogP contribution in [0.3, 0.4) is 0 Å². The number of hydrogen-bond donors (Lipinski definition) is 1. The molecule has 0 bridgehead atoms. The van der Waals surface area contributed by atoms with Gasteiger partial charge in [0.2, 0.25) is 0 Å². The lowest BCUT2D eigenvalue weighted by molar-refractivity contribution is 0.384. The number of nitrogens with zero attached hydrogens (tertiary/aromatic N) is 1. The van der Waals surface area contributed by atoms with Gasteiger partial charge in [0.05, 0.1) is 0 Å². The van der Waals surface area contributed by atoms with E-state index in [1.165, 1.54) is 12.1 Å². The zero-order chi connectivity index (χ0) is 10.1. The molecular formula is C10H11FN2O. The number of aromatic nitrogens is 1. The summed E-state index contributed by atoms with van der Waals surface area (Å²) in [7, 11) is 0. The lowest BCUT2D eigenvalue weighted by Crippen LogP contribution is -2.17. The minimum absolute atomic E-state index is 0.0104. The third kappa shape index (κ3) is 1.61. The molecule has 0 spiro atoms. The van der Waals surface area contributed by atoms with Crippen LogP contribution in [-0.2, 0) is 6.42 Å². The van der Waals surface area contributed by atoms with Crippen LogP contribution in [-0.4, -0.2) is 11.2 Å². The SMILES string of the molecule is CC(N)Cc1onc2cc(F)ccc12. The summed E-state index contributed by atoms with van der Waals surface area (Å²) >= 11 is 0. The Morgan fingerprint density at radius 2 is 2.36 bits per heavy atom. The highest BCUT2D eigenvalue weighted by Gasteiger charge is 2.10. The maximum Gasteiger partial charge on any atom is 0.146 e. The fourth-order valence-electron chi connectivity index (χ4n) is 1.41. The molecule has 74 valence electrons. The molecule has 2 aromatic rings. The number of hydrogen-bond acceptors (Lipinski definition) is 3. The second-order valence-corrected chi connectivity index (χ2v) is 3.45. The molecule has 0 saturated carbocycles. The van der Waals surface area contributed by atoms with E-state index in [1.807, 2.05) is 6.92 Å². The molecular weight excluding hydrogens is 183 g/mol. The zero-order valence-electron chi connectivity index (χ0n) is 7.83. The largest absolute Gasteiger partial charge is 0.360 e. The molecule has 0 saturated heterocycles. The van der Waals surface area contributed by atoms with Gasteiger partial charge in [0.1, 0.15) is 17.1 Å². The highest BCUT2D eigenvalue weighted by atomic mass is 19.1. The molecule has 0 aliphatic rings. The maximum atomic E-state index is 12.8. The van der Waals surface area contributed by atoms with Crippen LogP contribution in [0, 0.1) is 5.82 Å². The zero-order valence-corrected chi connectivity index (χ0v) is 7.83. The van der Waals surface area contributed by atoms with Crippen LogP contribution in [0.2, 0.25) is 0 Å². The predicted molar refractivity (Wildman–Crippen MR) is 51.3 cm³/mol. The van der Waals surface area contributed by atoms with Crippen LogP contribution >= 0.6 is 0 Å². The van der Waals surface area contributed by atoms with Gasteiger partial charge in [-0.2, -0.15) is 0 Å². The van der Waals surface area contributed by atoms with Crippen molar-refractivity contribution in [1.82, 2.24) is 5.16 Å². The number of fused-ring (bicyclic) bond motifs is 1. The van der Waals surface area contributed by atoms with Crippen molar-refractivity contribution in [2.45, 2.75) is 19.4 Å². The first-order valence-corrected chi connectivity index (χ1v) is 4.46. The van der Waals surface area contributed by atoms with Crippen LogP contribution in [0.1, 0.15) is 12.7 Å². The number of benzene rings is 1. The first kappa shape index (κ1) is 9.15. The minimum atomic E-state index is -0.307. The highest BCUT2D eigenvalue weighted by Crippen LogP contribution is 2.19. The van der Waals surface area contributed by atoms with E-state index in [4.69, 9.17) is 10.3 Å². The average Bonchev–Trinajstić information content (AvgIpc) is 2.47. The maximum absolute atomic E-state index is 12.8. The molecule has 0 amide bonds. The minimum Gasteiger partial charge on any atom is -0.360 e. The summed E-state index contributed by atoms with van der Waals surface area (Å²) in [5.41, 5.74) is 6.18. The van der Waals surface area contributed by atoms with Crippen molar-refractivity contribution in [3.05, 3.63) is 29.8 Å². The normalized spacial score (nSPS) is 13.4. The van der Waals surface area contributed by atoms with Crippen LogP contribution in [0.5, 0.6) is 0 Å². The molecule has 0 radical (unpaired) electrons. The van der Waals surface area contributed by atoms with Crippen molar-refractivity contribution in [1.29, 1.82) is 0 Å². The van der Waals surface area contributed by atoms with Gasteiger partial charge in [-0.1, -0.05) is 5.16 Å². The smallest absolute Gasteiger partial charge is 0.146 e. The van der Waals surface area contributed by atoms with E-state index in [-0.39, 0.29) is 11.9 Å². The quantitative estimate of drug-likeness (QED) is 0.793. The first-order valence-electron chi connectivity index (χ1n) is 4.46.